The van der Waals surface area contributed by atoms with E-state index in [1.807, 2.05) is 20.8 Å². The summed E-state index contributed by atoms with van der Waals surface area (Å²) < 4.78 is 2.11. The lowest BCUT2D eigenvalue weighted by Crippen LogP contribution is -2.19. The molecule has 0 amide bonds. The summed E-state index contributed by atoms with van der Waals surface area (Å²) >= 11 is 15.8. The number of benzene rings is 1. The molecule has 0 unspecified atom stereocenters. The van der Waals surface area contributed by atoms with E-state index in [2.05, 4.69) is 26.0 Å². The first-order valence-corrected chi connectivity index (χ1v) is 7.52. The highest BCUT2D eigenvalue weighted by atomic mass is 79.9. The van der Waals surface area contributed by atoms with Gasteiger partial charge in [0.1, 0.15) is 11.5 Å². The van der Waals surface area contributed by atoms with Crippen LogP contribution in [0, 0.1) is 0 Å². The number of aromatic carboxylic acids is 1. The van der Waals surface area contributed by atoms with Crippen molar-refractivity contribution in [3.63, 3.8) is 0 Å². The number of carboxylic acids is 1. The van der Waals surface area contributed by atoms with Crippen molar-refractivity contribution in [2.75, 3.05) is 0 Å². The van der Waals surface area contributed by atoms with Crippen LogP contribution in [0.25, 0.3) is 5.69 Å². The first-order chi connectivity index (χ1) is 9.61. The van der Waals surface area contributed by atoms with E-state index in [-0.39, 0.29) is 5.82 Å². The average molecular weight is 393 g/mol. The Balaban J connectivity index is 2.77. The number of carboxylic acid groups (broad SMARTS) is 1. The quantitative estimate of drug-likeness (QED) is 0.825. The van der Waals surface area contributed by atoms with Crippen molar-refractivity contribution < 1.29 is 9.90 Å². The molecule has 1 heterocycles. The summed E-state index contributed by atoms with van der Waals surface area (Å²) in [4.78, 5) is 15.2. The molecule has 8 heteroatoms. The molecule has 0 atom stereocenters. The third-order valence-electron chi connectivity index (χ3n) is 2.66. The number of rotatable bonds is 2. The minimum Gasteiger partial charge on any atom is -0.475 e. The molecule has 0 saturated heterocycles. The van der Waals surface area contributed by atoms with Gasteiger partial charge in [-0.2, -0.15) is 0 Å². The first kappa shape index (κ1) is 16.3. The molecule has 2 rings (SSSR count). The lowest BCUT2D eigenvalue weighted by molar-refractivity contribution is 0.0683. The second-order valence-corrected chi connectivity index (χ2v) is 7.17. The van der Waals surface area contributed by atoms with Crippen LogP contribution in [-0.4, -0.2) is 25.8 Å². The van der Waals surface area contributed by atoms with Crippen molar-refractivity contribution in [2.24, 2.45) is 0 Å². The van der Waals surface area contributed by atoms with Crippen LogP contribution in [0.4, 0.5) is 0 Å². The van der Waals surface area contributed by atoms with Gasteiger partial charge in [0.15, 0.2) is 0 Å². The topological polar surface area (TPSA) is 68.0 Å². The number of hydrogen-bond donors (Lipinski definition) is 1. The lowest BCUT2D eigenvalue weighted by Gasteiger charge is -2.19. The van der Waals surface area contributed by atoms with Crippen molar-refractivity contribution in [2.45, 2.75) is 26.2 Å². The van der Waals surface area contributed by atoms with Crippen molar-refractivity contribution in [1.29, 1.82) is 0 Å². The molecule has 1 aromatic heterocycles. The normalized spacial score (nSPS) is 11.7. The van der Waals surface area contributed by atoms with Crippen molar-refractivity contribution in [3.05, 3.63) is 38.3 Å². The molecule has 0 saturated carbocycles. The predicted molar refractivity (Wildman–Crippen MR) is 84.7 cm³/mol. The second kappa shape index (κ2) is 5.59. The number of aromatic nitrogens is 3. The maximum Gasteiger partial charge on any atom is 0.375 e. The highest BCUT2D eigenvalue weighted by Gasteiger charge is 2.28. The minimum atomic E-state index is -1.20. The second-order valence-electron chi connectivity index (χ2n) is 5.44. The van der Waals surface area contributed by atoms with E-state index in [0.717, 1.165) is 4.47 Å². The van der Waals surface area contributed by atoms with Crippen molar-refractivity contribution in [1.82, 2.24) is 14.8 Å². The molecular formula is C13H12BrCl2N3O2. The maximum atomic E-state index is 11.1. The molecule has 1 N–H and O–H groups in total. The molecule has 5 nitrogen and oxygen atoms in total. The molecule has 21 heavy (non-hydrogen) atoms. The summed E-state index contributed by atoms with van der Waals surface area (Å²) in [6.07, 6.45) is 0. The van der Waals surface area contributed by atoms with Crippen molar-refractivity contribution >= 4 is 45.1 Å². The molecule has 0 fully saturated rings. The van der Waals surface area contributed by atoms with Crippen LogP contribution in [0.5, 0.6) is 0 Å². The van der Waals surface area contributed by atoms with Gasteiger partial charge in [-0.05, 0) is 12.1 Å². The molecule has 0 aliphatic rings. The third kappa shape index (κ3) is 3.22. The number of carbonyl (C=O) groups is 1. The Morgan fingerprint density at radius 3 is 2.24 bits per heavy atom. The van der Waals surface area contributed by atoms with Gasteiger partial charge in [0.2, 0.25) is 0 Å². The highest BCUT2D eigenvalue weighted by molar-refractivity contribution is 9.10. The van der Waals surface area contributed by atoms with E-state index >= 15 is 0 Å². The van der Waals surface area contributed by atoms with E-state index in [1.54, 1.807) is 12.1 Å². The monoisotopic (exact) mass is 391 g/mol. The fraction of sp³-hybridized carbons (Fsp3) is 0.308. The average Bonchev–Trinajstić information content (AvgIpc) is 2.71. The minimum absolute atomic E-state index is 0.296. The van der Waals surface area contributed by atoms with Crippen LogP contribution >= 0.6 is 39.1 Å². The van der Waals surface area contributed by atoms with Gasteiger partial charge < -0.3 is 5.11 Å². The Bertz CT molecular complexity index is 700. The van der Waals surface area contributed by atoms with Gasteiger partial charge in [-0.25, -0.2) is 14.5 Å². The molecule has 1 aromatic carbocycles. The Hall–Kier alpha value is -1.11. The van der Waals surface area contributed by atoms with Crippen LogP contribution in [0.15, 0.2) is 16.6 Å². The van der Waals surface area contributed by atoms with Gasteiger partial charge in [0.25, 0.3) is 5.82 Å². The molecular weight excluding hydrogens is 381 g/mol. The largest absolute Gasteiger partial charge is 0.475 e. The smallest absolute Gasteiger partial charge is 0.375 e. The molecule has 0 bridgehead atoms. The van der Waals surface area contributed by atoms with Crippen LogP contribution < -0.4 is 0 Å². The fourth-order valence-corrected chi connectivity index (χ4v) is 3.15. The van der Waals surface area contributed by atoms with E-state index < -0.39 is 11.4 Å². The molecule has 0 aliphatic carbocycles. The first-order valence-electron chi connectivity index (χ1n) is 5.97. The molecule has 112 valence electrons. The van der Waals surface area contributed by atoms with Crippen LogP contribution in [0.3, 0.4) is 0 Å². The lowest BCUT2D eigenvalue weighted by atomic mass is 9.95. The molecule has 0 spiro atoms. The summed E-state index contributed by atoms with van der Waals surface area (Å²) in [5.41, 5.74) is -0.0214. The van der Waals surface area contributed by atoms with Gasteiger partial charge in [-0.1, -0.05) is 59.9 Å². The summed E-state index contributed by atoms with van der Waals surface area (Å²) in [6, 6.07) is 3.33. The summed E-state index contributed by atoms with van der Waals surface area (Å²) in [5.74, 6) is -1.04. The van der Waals surface area contributed by atoms with Crippen molar-refractivity contribution in [3.8, 4) is 5.69 Å². The van der Waals surface area contributed by atoms with E-state index in [0.29, 0.717) is 21.6 Å². The Morgan fingerprint density at radius 1 is 1.29 bits per heavy atom. The summed E-state index contributed by atoms with van der Waals surface area (Å²) in [6.45, 7) is 5.71. The van der Waals surface area contributed by atoms with Gasteiger partial charge in [0, 0.05) is 9.89 Å². The van der Waals surface area contributed by atoms with Crippen LogP contribution in [-0.2, 0) is 5.41 Å². The number of hydrogen-bond acceptors (Lipinski definition) is 3. The van der Waals surface area contributed by atoms with E-state index in [1.165, 1.54) is 4.68 Å². The van der Waals surface area contributed by atoms with Gasteiger partial charge in [0.05, 0.1) is 10.0 Å². The van der Waals surface area contributed by atoms with Gasteiger partial charge in [-0.3, -0.25) is 0 Å². The molecule has 0 radical (unpaired) electrons. The van der Waals surface area contributed by atoms with E-state index in [4.69, 9.17) is 28.3 Å². The van der Waals surface area contributed by atoms with Gasteiger partial charge >= 0.3 is 5.97 Å². The SMILES string of the molecule is CC(C)(C)c1nc(C(=O)O)nn1-c1c(Cl)cc(Br)cc1Cl. The van der Waals surface area contributed by atoms with Crippen LogP contribution in [0.1, 0.15) is 37.2 Å². The Morgan fingerprint density at radius 2 is 1.81 bits per heavy atom. The molecule has 2 aromatic rings. The summed E-state index contributed by atoms with van der Waals surface area (Å²) in [7, 11) is 0. The maximum absolute atomic E-state index is 11.1. The third-order valence-corrected chi connectivity index (χ3v) is 3.70. The standard InChI is InChI=1S/C13H12BrCl2N3O2/c1-13(2,3)12-17-10(11(20)21)18-19(12)9-7(15)4-6(14)5-8(9)16/h4-5H,1-3H3,(H,20,21). The molecule has 0 aliphatic heterocycles. The number of halogens is 3. The Labute approximate surface area is 140 Å². The fourth-order valence-electron chi connectivity index (χ4n) is 1.78. The zero-order valence-electron chi connectivity index (χ0n) is 11.5. The predicted octanol–water partition coefficient (Wildman–Crippen LogP) is 4.33. The van der Waals surface area contributed by atoms with Gasteiger partial charge in [-0.15, -0.1) is 5.10 Å². The number of nitrogens with zero attached hydrogens (tertiary/aromatic N) is 3. The zero-order valence-corrected chi connectivity index (χ0v) is 14.6. The van der Waals surface area contributed by atoms with E-state index in [9.17, 15) is 4.79 Å². The zero-order chi connectivity index (χ0) is 15.9. The Kier molecular flexibility index (Phi) is 4.33. The summed E-state index contributed by atoms with van der Waals surface area (Å²) in [5, 5.41) is 13.8. The highest BCUT2D eigenvalue weighted by Crippen LogP contribution is 2.34. The van der Waals surface area contributed by atoms with Crippen LogP contribution in [0.2, 0.25) is 10.0 Å².